The Morgan fingerprint density at radius 3 is 2.23 bits per heavy atom. The van der Waals surface area contributed by atoms with E-state index in [2.05, 4.69) is 13.8 Å². The third-order valence-corrected chi connectivity index (χ3v) is 7.49. The number of rotatable bonds is 7. The van der Waals surface area contributed by atoms with Gasteiger partial charge in [0.05, 0.1) is 12.0 Å². The number of hydrogen-bond acceptors (Lipinski definition) is 4. The van der Waals surface area contributed by atoms with Gasteiger partial charge in [-0.15, -0.1) is 0 Å². The summed E-state index contributed by atoms with van der Waals surface area (Å²) in [6.45, 7) is 5.60. The number of carbonyl (C=O) groups is 1. The molecular weight excluding hydrogens is 400 g/mol. The van der Waals surface area contributed by atoms with Gasteiger partial charge in [0.15, 0.2) is 0 Å². The second kappa shape index (κ2) is 9.62. The van der Waals surface area contributed by atoms with E-state index in [0.29, 0.717) is 49.8 Å². The van der Waals surface area contributed by atoms with Crippen molar-refractivity contribution in [2.24, 2.45) is 0 Å². The van der Waals surface area contributed by atoms with Crippen molar-refractivity contribution < 1.29 is 17.9 Å². The number of amides is 1. The number of methoxy groups -OCH3 is 1. The lowest BCUT2D eigenvalue weighted by atomic mass is 10.0. The summed E-state index contributed by atoms with van der Waals surface area (Å²) in [5.74, 6) is 1.18. The topological polar surface area (TPSA) is 66.9 Å². The van der Waals surface area contributed by atoms with Crippen LogP contribution in [0.1, 0.15) is 37.3 Å². The number of aryl methyl sites for hydroxylation is 1. The van der Waals surface area contributed by atoms with Gasteiger partial charge in [-0.25, -0.2) is 8.42 Å². The van der Waals surface area contributed by atoms with Gasteiger partial charge < -0.3 is 9.64 Å². The van der Waals surface area contributed by atoms with Gasteiger partial charge in [0.1, 0.15) is 5.75 Å². The molecule has 1 heterocycles. The minimum atomic E-state index is -3.54. The molecule has 0 spiro atoms. The molecule has 0 saturated carbocycles. The van der Waals surface area contributed by atoms with Gasteiger partial charge in [-0.1, -0.05) is 44.2 Å². The predicted octanol–water partition coefficient (Wildman–Crippen LogP) is 3.28. The molecule has 6 nitrogen and oxygen atoms in total. The summed E-state index contributed by atoms with van der Waals surface area (Å²) in [4.78, 5) is 14.7. The molecular formula is C23H30N2O4S. The highest BCUT2D eigenvalue weighted by Crippen LogP contribution is 2.22. The molecule has 0 radical (unpaired) electrons. The number of sulfonamides is 1. The fraction of sp³-hybridized carbons (Fsp3) is 0.435. The quantitative estimate of drug-likeness (QED) is 0.676. The van der Waals surface area contributed by atoms with E-state index in [0.717, 1.165) is 16.9 Å². The fourth-order valence-electron chi connectivity index (χ4n) is 3.66. The molecule has 1 amide bonds. The number of ether oxygens (including phenoxy) is 1. The average molecular weight is 431 g/mol. The number of benzene rings is 2. The van der Waals surface area contributed by atoms with Crippen LogP contribution in [0.15, 0.2) is 53.4 Å². The summed E-state index contributed by atoms with van der Waals surface area (Å²) >= 11 is 0. The highest BCUT2D eigenvalue weighted by atomic mass is 32.2. The Bertz CT molecular complexity index is 963. The van der Waals surface area contributed by atoms with Gasteiger partial charge in [-0.2, -0.15) is 4.31 Å². The van der Waals surface area contributed by atoms with Gasteiger partial charge in [0, 0.05) is 32.6 Å². The molecule has 1 aliphatic heterocycles. The van der Waals surface area contributed by atoms with Gasteiger partial charge in [-0.3, -0.25) is 4.79 Å². The second-order valence-corrected chi connectivity index (χ2v) is 9.76. The van der Waals surface area contributed by atoms with E-state index < -0.39 is 10.0 Å². The van der Waals surface area contributed by atoms with Crippen molar-refractivity contribution >= 4 is 15.9 Å². The molecule has 1 saturated heterocycles. The lowest BCUT2D eigenvalue weighted by Gasteiger charge is -2.34. The van der Waals surface area contributed by atoms with Gasteiger partial charge in [0.2, 0.25) is 15.9 Å². The van der Waals surface area contributed by atoms with Crippen LogP contribution < -0.4 is 4.74 Å². The molecule has 0 aliphatic carbocycles. The summed E-state index contributed by atoms with van der Waals surface area (Å²) in [6.07, 6.45) is 0.980. The van der Waals surface area contributed by atoms with Crippen molar-refractivity contribution in [2.45, 2.75) is 37.5 Å². The highest BCUT2D eigenvalue weighted by Gasteiger charge is 2.30. The van der Waals surface area contributed by atoms with Crippen molar-refractivity contribution in [3.05, 3.63) is 59.7 Å². The molecule has 162 valence electrons. The Morgan fingerprint density at radius 1 is 1.00 bits per heavy atom. The minimum absolute atomic E-state index is 0.0410. The SMILES string of the molecule is COc1ccccc1CCC(=O)N1CCN(S(=O)(=O)c2ccc(C(C)C)cc2)CC1. The average Bonchev–Trinajstić information content (AvgIpc) is 2.77. The molecule has 0 atom stereocenters. The summed E-state index contributed by atoms with van der Waals surface area (Å²) < 4.78 is 32.7. The molecule has 7 heteroatoms. The predicted molar refractivity (Wildman–Crippen MR) is 117 cm³/mol. The normalized spacial score (nSPS) is 15.4. The third-order valence-electron chi connectivity index (χ3n) is 5.58. The molecule has 2 aromatic rings. The molecule has 2 aromatic carbocycles. The standard InChI is InChI=1S/C23H30N2O4S/c1-18(2)19-8-11-21(12-9-19)30(27,28)25-16-14-24(15-17-25)23(26)13-10-20-6-4-5-7-22(20)29-3/h4-9,11-12,18H,10,13-17H2,1-3H3. The minimum Gasteiger partial charge on any atom is -0.496 e. The zero-order chi connectivity index (χ0) is 21.7. The van der Waals surface area contributed by atoms with Crippen molar-refractivity contribution in [3.63, 3.8) is 0 Å². The summed E-state index contributed by atoms with van der Waals surface area (Å²) in [5, 5.41) is 0. The van der Waals surface area contributed by atoms with Crippen LogP contribution in [0.3, 0.4) is 0 Å². The maximum Gasteiger partial charge on any atom is 0.243 e. The lowest BCUT2D eigenvalue weighted by molar-refractivity contribution is -0.132. The molecule has 0 bridgehead atoms. The van der Waals surface area contributed by atoms with E-state index >= 15 is 0 Å². The Labute approximate surface area is 179 Å². The Kier molecular flexibility index (Phi) is 7.15. The van der Waals surface area contributed by atoms with E-state index in [9.17, 15) is 13.2 Å². The van der Waals surface area contributed by atoms with E-state index in [1.54, 1.807) is 24.1 Å². The largest absolute Gasteiger partial charge is 0.496 e. The zero-order valence-electron chi connectivity index (χ0n) is 17.9. The van der Waals surface area contributed by atoms with Crippen LogP contribution in [0.5, 0.6) is 5.75 Å². The molecule has 0 N–H and O–H groups in total. The monoisotopic (exact) mass is 430 g/mol. The highest BCUT2D eigenvalue weighted by molar-refractivity contribution is 7.89. The first-order valence-electron chi connectivity index (χ1n) is 10.3. The molecule has 3 rings (SSSR count). The Morgan fingerprint density at radius 2 is 1.63 bits per heavy atom. The van der Waals surface area contributed by atoms with E-state index in [1.165, 1.54) is 4.31 Å². The molecule has 30 heavy (non-hydrogen) atoms. The van der Waals surface area contributed by atoms with Crippen molar-refractivity contribution in [3.8, 4) is 5.75 Å². The second-order valence-electron chi connectivity index (χ2n) is 7.82. The van der Waals surface area contributed by atoms with Crippen LogP contribution >= 0.6 is 0 Å². The summed E-state index contributed by atoms with van der Waals surface area (Å²) in [7, 11) is -1.92. The molecule has 0 unspecified atom stereocenters. The fourth-order valence-corrected chi connectivity index (χ4v) is 5.08. The van der Waals surface area contributed by atoms with Crippen LogP contribution in [0.25, 0.3) is 0 Å². The van der Waals surface area contributed by atoms with Crippen molar-refractivity contribution in [1.82, 2.24) is 9.21 Å². The van der Waals surface area contributed by atoms with Crippen LogP contribution in [0, 0.1) is 0 Å². The third kappa shape index (κ3) is 5.02. The van der Waals surface area contributed by atoms with E-state index in [4.69, 9.17) is 4.74 Å². The van der Waals surface area contributed by atoms with E-state index in [-0.39, 0.29) is 5.91 Å². The number of nitrogens with zero attached hydrogens (tertiary/aromatic N) is 2. The Balaban J connectivity index is 1.56. The van der Waals surface area contributed by atoms with Crippen LogP contribution in [-0.2, 0) is 21.2 Å². The smallest absolute Gasteiger partial charge is 0.243 e. The lowest BCUT2D eigenvalue weighted by Crippen LogP contribution is -2.50. The molecule has 1 fully saturated rings. The molecule has 1 aliphatic rings. The summed E-state index contributed by atoms with van der Waals surface area (Å²) in [6, 6.07) is 14.8. The van der Waals surface area contributed by atoms with Gasteiger partial charge in [0.25, 0.3) is 0 Å². The first kappa shape index (κ1) is 22.3. The maximum atomic E-state index is 12.9. The number of hydrogen-bond donors (Lipinski definition) is 0. The van der Waals surface area contributed by atoms with Crippen molar-refractivity contribution in [1.29, 1.82) is 0 Å². The van der Waals surface area contributed by atoms with Gasteiger partial charge in [-0.05, 0) is 41.7 Å². The van der Waals surface area contributed by atoms with E-state index in [1.807, 2.05) is 36.4 Å². The first-order chi connectivity index (χ1) is 14.3. The summed E-state index contributed by atoms with van der Waals surface area (Å²) in [5.41, 5.74) is 2.11. The van der Waals surface area contributed by atoms with Crippen LogP contribution in [-0.4, -0.2) is 56.8 Å². The Hall–Kier alpha value is -2.38. The number of carbonyl (C=O) groups excluding carboxylic acids is 1. The number of para-hydroxylation sites is 1. The maximum absolute atomic E-state index is 12.9. The number of piperazine rings is 1. The first-order valence-corrected chi connectivity index (χ1v) is 11.8. The van der Waals surface area contributed by atoms with Crippen LogP contribution in [0.4, 0.5) is 0 Å². The van der Waals surface area contributed by atoms with Gasteiger partial charge >= 0.3 is 0 Å². The van der Waals surface area contributed by atoms with Crippen molar-refractivity contribution in [2.75, 3.05) is 33.3 Å². The molecule has 0 aromatic heterocycles. The zero-order valence-corrected chi connectivity index (χ0v) is 18.7. The van der Waals surface area contributed by atoms with Crippen LogP contribution in [0.2, 0.25) is 0 Å².